The first kappa shape index (κ1) is 22.9. The Kier molecular flexibility index (Phi) is 13.1. The van der Waals surface area contributed by atoms with E-state index in [1.165, 1.54) is 16.3 Å². The van der Waals surface area contributed by atoms with Crippen molar-refractivity contribution in [2.24, 2.45) is 5.92 Å². The van der Waals surface area contributed by atoms with Crippen molar-refractivity contribution in [3.05, 3.63) is 84.4 Å². The van der Waals surface area contributed by atoms with Gasteiger partial charge in [-0.25, -0.2) is 0 Å². The average Bonchev–Trinajstić information content (AvgIpc) is 2.64. The van der Waals surface area contributed by atoms with Crippen molar-refractivity contribution in [3.63, 3.8) is 0 Å². The molecule has 0 heterocycles. The van der Waals surface area contributed by atoms with Gasteiger partial charge in [-0.1, -0.05) is 127 Å². The maximum absolute atomic E-state index is 2.20. The van der Waals surface area contributed by atoms with E-state index in [4.69, 9.17) is 0 Å². The third kappa shape index (κ3) is 11.2. The summed E-state index contributed by atoms with van der Waals surface area (Å²) in [6.07, 6.45) is 0. The van der Waals surface area contributed by atoms with Gasteiger partial charge in [0.25, 0.3) is 0 Å². The summed E-state index contributed by atoms with van der Waals surface area (Å²) >= 11 is 0. The first-order chi connectivity index (χ1) is 12.0. The second-order valence-electron chi connectivity index (χ2n) is 6.64. The molecule has 0 atom stereocenters. The predicted molar refractivity (Wildman–Crippen MR) is 116 cm³/mol. The molecule has 0 aliphatic rings. The van der Waals surface area contributed by atoms with Crippen LogP contribution in [0.5, 0.6) is 0 Å². The SMILES string of the molecule is CC.CC(C)C.CC(C)c1ccccc1.c1ccc2ccccc2c1. The Morgan fingerprint density at radius 2 is 0.760 bits per heavy atom. The lowest BCUT2D eigenvalue weighted by Crippen LogP contribution is -1.83. The Hall–Kier alpha value is -2.08. The summed E-state index contributed by atoms with van der Waals surface area (Å²) in [5.41, 5.74) is 1.41. The largest absolute Gasteiger partial charge is 0.0683 e. The van der Waals surface area contributed by atoms with Gasteiger partial charge in [-0.15, -0.1) is 0 Å². The quantitative estimate of drug-likeness (QED) is 0.419. The molecule has 0 radical (unpaired) electrons. The number of hydrogen-bond acceptors (Lipinski definition) is 0. The lowest BCUT2D eigenvalue weighted by atomic mass is 10.0. The van der Waals surface area contributed by atoms with Crippen molar-refractivity contribution >= 4 is 10.8 Å². The van der Waals surface area contributed by atoms with Gasteiger partial charge in [0, 0.05) is 0 Å². The third-order valence-corrected chi connectivity index (χ3v) is 3.12. The molecule has 0 aromatic heterocycles. The zero-order valence-electron chi connectivity index (χ0n) is 17.2. The Bertz CT molecular complexity index is 583. The van der Waals surface area contributed by atoms with Crippen molar-refractivity contribution < 1.29 is 0 Å². The summed E-state index contributed by atoms with van der Waals surface area (Å²) in [7, 11) is 0. The van der Waals surface area contributed by atoms with E-state index in [1.54, 1.807) is 0 Å². The van der Waals surface area contributed by atoms with Crippen LogP contribution >= 0.6 is 0 Å². The smallest absolute Gasteiger partial charge is 0.0184 e. The highest BCUT2D eigenvalue weighted by Gasteiger charge is 1.93. The van der Waals surface area contributed by atoms with Crippen molar-refractivity contribution in [1.82, 2.24) is 0 Å². The van der Waals surface area contributed by atoms with E-state index < -0.39 is 0 Å². The van der Waals surface area contributed by atoms with E-state index in [2.05, 4.69) is 107 Å². The molecule has 3 rings (SSSR count). The van der Waals surface area contributed by atoms with Crippen LogP contribution in [0.15, 0.2) is 78.9 Å². The lowest BCUT2D eigenvalue weighted by molar-refractivity contribution is 0.737. The first-order valence-corrected chi connectivity index (χ1v) is 9.49. The summed E-state index contributed by atoms with van der Waals surface area (Å²) in [6, 6.07) is 27.2. The molecule has 3 aromatic rings. The van der Waals surface area contributed by atoms with Crippen molar-refractivity contribution in [2.75, 3.05) is 0 Å². The molecule has 0 nitrogen and oxygen atoms in total. The molecule has 0 N–H and O–H groups in total. The molecule has 0 spiro atoms. The number of hydrogen-bond donors (Lipinski definition) is 0. The minimum absolute atomic E-state index is 0.659. The van der Waals surface area contributed by atoms with Crippen LogP contribution in [-0.2, 0) is 0 Å². The van der Waals surface area contributed by atoms with E-state index in [0.717, 1.165) is 5.92 Å². The molecule has 136 valence electrons. The van der Waals surface area contributed by atoms with Crippen LogP contribution in [0.25, 0.3) is 10.8 Å². The number of benzene rings is 3. The van der Waals surface area contributed by atoms with Gasteiger partial charge in [0.15, 0.2) is 0 Å². The van der Waals surface area contributed by atoms with Gasteiger partial charge in [0.05, 0.1) is 0 Å². The molecule has 0 saturated heterocycles. The van der Waals surface area contributed by atoms with Gasteiger partial charge in [-0.2, -0.15) is 0 Å². The Morgan fingerprint density at radius 1 is 0.480 bits per heavy atom. The second-order valence-corrected chi connectivity index (χ2v) is 6.64. The normalized spacial score (nSPS) is 9.32. The molecule has 25 heavy (non-hydrogen) atoms. The van der Waals surface area contributed by atoms with Crippen LogP contribution in [0.4, 0.5) is 0 Å². The van der Waals surface area contributed by atoms with Crippen LogP contribution in [-0.4, -0.2) is 0 Å². The van der Waals surface area contributed by atoms with Gasteiger partial charge in [-0.3, -0.25) is 0 Å². The van der Waals surface area contributed by atoms with Crippen LogP contribution in [0.1, 0.15) is 59.9 Å². The standard InChI is InChI=1S/C10H8.C9H12.C4H10.C2H6/c1-2-6-10-8-4-3-7-9(10)5-1;1-8(2)9-6-4-3-5-7-9;1-4(2)3;1-2/h1-8H;3-8H,1-2H3;4H,1-3H3;1-2H3. The Labute approximate surface area is 155 Å². The summed E-state index contributed by atoms with van der Waals surface area (Å²) < 4.78 is 0. The zero-order chi connectivity index (χ0) is 19.1. The van der Waals surface area contributed by atoms with Gasteiger partial charge < -0.3 is 0 Å². The van der Waals surface area contributed by atoms with Crippen LogP contribution < -0.4 is 0 Å². The molecule has 0 saturated carbocycles. The van der Waals surface area contributed by atoms with Gasteiger partial charge in [-0.05, 0) is 28.2 Å². The average molecular weight is 337 g/mol. The van der Waals surface area contributed by atoms with Gasteiger partial charge in [0.2, 0.25) is 0 Å². The summed E-state index contributed by atoms with van der Waals surface area (Å²) in [5.74, 6) is 1.49. The molecule has 0 heteroatoms. The third-order valence-electron chi connectivity index (χ3n) is 3.12. The summed E-state index contributed by atoms with van der Waals surface area (Å²) in [4.78, 5) is 0. The molecule has 0 unspecified atom stereocenters. The number of fused-ring (bicyclic) bond motifs is 1. The van der Waals surface area contributed by atoms with E-state index >= 15 is 0 Å². The summed E-state index contributed by atoms with van der Waals surface area (Å²) in [5, 5.41) is 2.62. The highest BCUT2D eigenvalue weighted by Crippen LogP contribution is 2.12. The fraction of sp³-hybridized carbons (Fsp3) is 0.360. The maximum atomic E-state index is 2.20. The molecule has 0 amide bonds. The molecule has 0 bridgehead atoms. The highest BCUT2D eigenvalue weighted by atomic mass is 14.0. The van der Waals surface area contributed by atoms with Crippen molar-refractivity contribution in [2.45, 2.75) is 54.4 Å². The minimum Gasteiger partial charge on any atom is -0.0683 e. The fourth-order valence-corrected chi connectivity index (χ4v) is 1.97. The first-order valence-electron chi connectivity index (χ1n) is 9.49. The monoisotopic (exact) mass is 336 g/mol. The highest BCUT2D eigenvalue weighted by molar-refractivity contribution is 5.81. The molecular weight excluding hydrogens is 300 g/mol. The van der Waals surface area contributed by atoms with E-state index in [1.807, 2.05) is 19.9 Å². The fourth-order valence-electron chi connectivity index (χ4n) is 1.97. The van der Waals surface area contributed by atoms with E-state index in [9.17, 15) is 0 Å². The lowest BCUT2D eigenvalue weighted by Gasteiger charge is -2.01. The molecular formula is C25H36. The molecule has 0 aliphatic heterocycles. The van der Waals surface area contributed by atoms with Gasteiger partial charge in [0.1, 0.15) is 0 Å². The van der Waals surface area contributed by atoms with Crippen molar-refractivity contribution in [3.8, 4) is 0 Å². The van der Waals surface area contributed by atoms with Gasteiger partial charge >= 0.3 is 0 Å². The molecule has 0 aliphatic carbocycles. The topological polar surface area (TPSA) is 0 Å². The maximum Gasteiger partial charge on any atom is -0.0184 e. The van der Waals surface area contributed by atoms with Crippen LogP contribution in [0, 0.1) is 5.92 Å². The summed E-state index contributed by atoms with van der Waals surface area (Å²) in [6.45, 7) is 14.9. The molecule has 0 fully saturated rings. The zero-order valence-corrected chi connectivity index (χ0v) is 17.2. The predicted octanol–water partition coefficient (Wildman–Crippen LogP) is 8.34. The van der Waals surface area contributed by atoms with Crippen LogP contribution in [0.2, 0.25) is 0 Å². The Balaban J connectivity index is 0.000000356. The minimum atomic E-state index is 0.659. The molecule has 3 aromatic carbocycles. The van der Waals surface area contributed by atoms with Crippen molar-refractivity contribution in [1.29, 1.82) is 0 Å². The Morgan fingerprint density at radius 3 is 1.00 bits per heavy atom. The van der Waals surface area contributed by atoms with E-state index in [-0.39, 0.29) is 0 Å². The van der Waals surface area contributed by atoms with Crippen LogP contribution in [0.3, 0.4) is 0 Å². The second kappa shape index (κ2) is 14.3. The number of rotatable bonds is 1. The van der Waals surface area contributed by atoms with E-state index in [0.29, 0.717) is 5.92 Å².